The van der Waals surface area contributed by atoms with E-state index in [0.717, 1.165) is 36.1 Å². The van der Waals surface area contributed by atoms with Crippen LogP contribution in [-0.2, 0) is 22.5 Å². The lowest BCUT2D eigenvalue weighted by Crippen LogP contribution is -2.34. The maximum atomic E-state index is 12.9. The third-order valence-electron chi connectivity index (χ3n) is 6.96. The van der Waals surface area contributed by atoms with Crippen molar-refractivity contribution in [2.45, 2.75) is 38.3 Å². The molecule has 2 unspecified atom stereocenters. The molecule has 1 N–H and O–H groups in total. The lowest BCUT2D eigenvalue weighted by Gasteiger charge is -2.29. The van der Waals surface area contributed by atoms with Crippen LogP contribution in [0, 0.1) is 0 Å². The van der Waals surface area contributed by atoms with E-state index < -0.39 is 0 Å². The van der Waals surface area contributed by atoms with Crippen LogP contribution in [0.2, 0.25) is 0 Å². The first-order chi connectivity index (χ1) is 15.1. The van der Waals surface area contributed by atoms with Crippen molar-refractivity contribution in [2.75, 3.05) is 18.1 Å². The van der Waals surface area contributed by atoms with Crippen molar-refractivity contribution >= 4 is 17.6 Å². The summed E-state index contributed by atoms with van der Waals surface area (Å²) < 4.78 is 5.20. The van der Waals surface area contributed by atoms with Crippen LogP contribution in [0.4, 0.5) is 5.69 Å². The van der Waals surface area contributed by atoms with Gasteiger partial charge < -0.3 is 15.0 Å². The van der Waals surface area contributed by atoms with E-state index in [-0.39, 0.29) is 23.8 Å². The summed E-state index contributed by atoms with van der Waals surface area (Å²) >= 11 is 0. The topological polar surface area (TPSA) is 58.6 Å². The largest absolute Gasteiger partial charge is 0.466 e. The molecular formula is C26H24N2O3. The molecule has 6 rings (SSSR count). The van der Waals surface area contributed by atoms with Crippen LogP contribution < -0.4 is 10.2 Å². The standard InChI is InChI=1S/C26H24N2O3/c1-15(29)31-12-6-11-28-21-10-5-4-9-18(21)23-20-14-27-26(30)24(20)22-17-8-3-2-7-16(17)13-19(22)25(23)28/h2-5,7-10,18,21H,6,11-14H2,1H3,(H,27,30). The van der Waals surface area contributed by atoms with Crippen molar-refractivity contribution in [3.05, 3.63) is 76.4 Å². The van der Waals surface area contributed by atoms with Crippen LogP contribution >= 0.6 is 0 Å². The van der Waals surface area contributed by atoms with Crippen LogP contribution in [0.25, 0.3) is 11.1 Å². The van der Waals surface area contributed by atoms with Gasteiger partial charge in [-0.3, -0.25) is 9.59 Å². The van der Waals surface area contributed by atoms with E-state index in [0.29, 0.717) is 13.2 Å². The van der Waals surface area contributed by atoms with Gasteiger partial charge in [-0.1, -0.05) is 48.6 Å². The number of ether oxygens (including phenoxy) is 1. The second-order valence-electron chi connectivity index (χ2n) is 8.66. The highest BCUT2D eigenvalue weighted by molar-refractivity contribution is 6.09. The fourth-order valence-corrected chi connectivity index (χ4v) is 5.84. The summed E-state index contributed by atoms with van der Waals surface area (Å²) in [7, 11) is 0. The van der Waals surface area contributed by atoms with Gasteiger partial charge in [0.15, 0.2) is 0 Å². The Labute approximate surface area is 181 Å². The van der Waals surface area contributed by atoms with E-state index in [9.17, 15) is 9.59 Å². The molecule has 2 aliphatic heterocycles. The molecule has 5 nitrogen and oxygen atoms in total. The van der Waals surface area contributed by atoms with Crippen molar-refractivity contribution in [3.8, 4) is 11.1 Å². The Balaban J connectivity index is 1.53. The van der Waals surface area contributed by atoms with Gasteiger partial charge in [0, 0.05) is 43.6 Å². The van der Waals surface area contributed by atoms with Gasteiger partial charge in [0.25, 0.3) is 5.91 Å². The number of anilines is 1. The third kappa shape index (κ3) is 2.62. The Bertz CT molecular complexity index is 1190. The number of hydrogen-bond acceptors (Lipinski definition) is 4. The summed E-state index contributed by atoms with van der Waals surface area (Å²) in [6, 6.07) is 8.68. The van der Waals surface area contributed by atoms with Crippen molar-refractivity contribution in [3.63, 3.8) is 0 Å². The number of rotatable bonds is 4. The number of benzene rings is 2. The number of nitrogens with zero attached hydrogens (tertiary/aromatic N) is 1. The average Bonchev–Trinajstić information content (AvgIpc) is 3.43. The molecule has 0 bridgehead atoms. The Hall–Kier alpha value is -3.34. The molecule has 1 amide bonds. The lowest BCUT2D eigenvalue weighted by molar-refractivity contribution is -0.140. The zero-order valence-corrected chi connectivity index (χ0v) is 17.5. The highest BCUT2D eigenvalue weighted by Gasteiger charge is 2.45. The first-order valence-electron chi connectivity index (χ1n) is 11.0. The second-order valence-corrected chi connectivity index (χ2v) is 8.66. The Morgan fingerprint density at radius 2 is 2.00 bits per heavy atom. The molecule has 0 aromatic heterocycles. The summed E-state index contributed by atoms with van der Waals surface area (Å²) in [4.78, 5) is 26.6. The van der Waals surface area contributed by atoms with Crippen LogP contribution in [0.1, 0.15) is 51.9 Å². The van der Waals surface area contributed by atoms with Crippen LogP contribution in [0.3, 0.4) is 0 Å². The molecule has 4 aliphatic rings. The molecule has 5 heteroatoms. The molecule has 0 saturated heterocycles. The van der Waals surface area contributed by atoms with Crippen molar-refractivity contribution in [1.82, 2.24) is 5.32 Å². The highest BCUT2D eigenvalue weighted by Crippen LogP contribution is 2.55. The molecule has 0 spiro atoms. The number of nitrogens with one attached hydrogen (secondary N) is 1. The van der Waals surface area contributed by atoms with Crippen molar-refractivity contribution in [2.24, 2.45) is 0 Å². The van der Waals surface area contributed by atoms with Gasteiger partial charge in [0.2, 0.25) is 0 Å². The molecule has 2 aromatic carbocycles. The average molecular weight is 412 g/mol. The number of hydrogen-bond donors (Lipinski definition) is 1. The van der Waals surface area contributed by atoms with E-state index in [1.807, 2.05) is 0 Å². The Morgan fingerprint density at radius 3 is 2.87 bits per heavy atom. The predicted octanol–water partition coefficient (Wildman–Crippen LogP) is 3.85. The molecule has 0 radical (unpaired) electrons. The van der Waals surface area contributed by atoms with E-state index >= 15 is 0 Å². The maximum Gasteiger partial charge on any atom is 0.302 e. The maximum absolute atomic E-state index is 12.9. The van der Waals surface area contributed by atoms with Gasteiger partial charge in [-0.05, 0) is 34.2 Å². The third-order valence-corrected chi connectivity index (χ3v) is 6.96. The van der Waals surface area contributed by atoms with E-state index in [4.69, 9.17) is 4.74 Å². The molecule has 31 heavy (non-hydrogen) atoms. The minimum absolute atomic E-state index is 0.0472. The van der Waals surface area contributed by atoms with Gasteiger partial charge in [0.05, 0.1) is 18.2 Å². The molecule has 2 aromatic rings. The van der Waals surface area contributed by atoms with Crippen LogP contribution in [0.5, 0.6) is 0 Å². The fraction of sp³-hybridized carbons (Fsp3) is 0.308. The summed E-state index contributed by atoms with van der Waals surface area (Å²) in [6.07, 6.45) is 10.4. The first-order valence-corrected chi connectivity index (χ1v) is 11.0. The summed E-state index contributed by atoms with van der Waals surface area (Å²) in [6.45, 7) is 3.27. The molecule has 0 saturated carbocycles. The summed E-state index contributed by atoms with van der Waals surface area (Å²) in [5, 5.41) is 3.09. The molecule has 2 aliphatic carbocycles. The number of amides is 1. The SMILES string of the molecule is CC(=O)OCCCN1c2c3c(c4c(c2C2C=CC=CC21)CNC4=O)-c1ccccc1C3. The van der Waals surface area contributed by atoms with E-state index in [1.54, 1.807) is 0 Å². The monoisotopic (exact) mass is 412 g/mol. The molecule has 0 fully saturated rings. The van der Waals surface area contributed by atoms with Crippen molar-refractivity contribution in [1.29, 1.82) is 0 Å². The summed E-state index contributed by atoms with van der Waals surface area (Å²) in [5.74, 6) is 0.0501. The molecule has 156 valence electrons. The van der Waals surface area contributed by atoms with Crippen LogP contribution in [-0.4, -0.2) is 31.1 Å². The zero-order chi connectivity index (χ0) is 21.1. The molecular weight excluding hydrogens is 388 g/mol. The molecule has 2 atom stereocenters. The fourth-order valence-electron chi connectivity index (χ4n) is 5.84. The smallest absolute Gasteiger partial charge is 0.302 e. The Kier molecular flexibility index (Phi) is 4.07. The number of carbonyl (C=O) groups excluding carboxylic acids is 2. The van der Waals surface area contributed by atoms with Crippen LogP contribution in [0.15, 0.2) is 48.6 Å². The van der Waals surface area contributed by atoms with Gasteiger partial charge in [0.1, 0.15) is 0 Å². The first kappa shape index (κ1) is 18.4. The molecule has 2 heterocycles. The summed E-state index contributed by atoms with van der Waals surface area (Å²) in [5.41, 5.74) is 9.50. The highest BCUT2D eigenvalue weighted by atomic mass is 16.5. The van der Waals surface area contributed by atoms with E-state index in [2.05, 4.69) is 58.8 Å². The van der Waals surface area contributed by atoms with Gasteiger partial charge in [-0.15, -0.1) is 0 Å². The predicted molar refractivity (Wildman–Crippen MR) is 119 cm³/mol. The van der Waals surface area contributed by atoms with E-state index in [1.165, 1.54) is 34.9 Å². The number of allylic oxidation sites excluding steroid dienone is 2. The number of esters is 1. The minimum Gasteiger partial charge on any atom is -0.466 e. The Morgan fingerprint density at radius 1 is 1.16 bits per heavy atom. The minimum atomic E-state index is -0.237. The normalized spacial score (nSPS) is 21.3. The quantitative estimate of drug-likeness (QED) is 0.522. The number of fused-ring (bicyclic) bond motifs is 10. The van der Waals surface area contributed by atoms with Gasteiger partial charge >= 0.3 is 5.97 Å². The second kappa shape index (κ2) is 6.84. The zero-order valence-electron chi connectivity index (χ0n) is 17.5. The van der Waals surface area contributed by atoms with Crippen molar-refractivity contribution < 1.29 is 14.3 Å². The van der Waals surface area contributed by atoms with Gasteiger partial charge in [-0.25, -0.2) is 0 Å². The van der Waals surface area contributed by atoms with Gasteiger partial charge in [-0.2, -0.15) is 0 Å². The lowest BCUT2D eigenvalue weighted by atomic mass is 9.84. The number of carbonyl (C=O) groups is 2.